The van der Waals surface area contributed by atoms with Crippen molar-refractivity contribution in [2.45, 2.75) is 24.9 Å². The molecule has 102 valence electrons. The van der Waals surface area contributed by atoms with E-state index in [1.54, 1.807) is 0 Å². The minimum atomic E-state index is 0.750. The Bertz CT molecular complexity index is 458. The van der Waals surface area contributed by atoms with Crippen LogP contribution in [0.1, 0.15) is 18.4 Å². The number of piperazine rings is 1. The zero-order valence-corrected chi connectivity index (χ0v) is 12.2. The van der Waals surface area contributed by atoms with E-state index < -0.39 is 0 Å². The second kappa shape index (κ2) is 5.66. The van der Waals surface area contributed by atoms with Gasteiger partial charge < -0.3 is 4.90 Å². The lowest BCUT2D eigenvalue weighted by Gasteiger charge is -2.38. The molecule has 2 aliphatic rings. The van der Waals surface area contributed by atoms with Crippen LogP contribution in [0, 0.1) is 0 Å². The minimum absolute atomic E-state index is 0.750. The molecule has 0 aliphatic carbocycles. The van der Waals surface area contributed by atoms with Gasteiger partial charge in [0.1, 0.15) is 0 Å². The van der Waals surface area contributed by atoms with Crippen molar-refractivity contribution < 1.29 is 0 Å². The fourth-order valence-electron chi connectivity index (χ4n) is 3.41. The molecule has 1 aromatic rings. The summed E-state index contributed by atoms with van der Waals surface area (Å²) in [6.07, 6.45) is 7.13. The van der Waals surface area contributed by atoms with Gasteiger partial charge in [-0.3, -0.25) is 4.90 Å². The lowest BCUT2D eigenvalue weighted by molar-refractivity contribution is 0.0938. The molecule has 2 heterocycles. The van der Waals surface area contributed by atoms with Gasteiger partial charge in [0, 0.05) is 36.7 Å². The predicted molar refractivity (Wildman–Crippen MR) is 81.5 cm³/mol. The smallest absolute Gasteiger partial charge is 0.0478 e. The summed E-state index contributed by atoms with van der Waals surface area (Å²) in [5.41, 5.74) is 1.12. The predicted octanol–water partition coefficient (Wildman–Crippen LogP) is 3.13. The van der Waals surface area contributed by atoms with Gasteiger partial charge in [0.15, 0.2) is 0 Å². The highest BCUT2D eigenvalue weighted by Gasteiger charge is 2.37. The second-order valence-electron chi connectivity index (χ2n) is 5.73. The molecule has 2 nitrogen and oxygen atoms in total. The first-order chi connectivity index (χ1) is 9.24. The Labute approximate surface area is 120 Å². The van der Waals surface area contributed by atoms with Crippen molar-refractivity contribution >= 4 is 17.7 Å². The van der Waals surface area contributed by atoms with Crippen molar-refractivity contribution in [3.63, 3.8) is 0 Å². The summed E-state index contributed by atoms with van der Waals surface area (Å²) < 4.78 is 0. The molecule has 0 amide bonds. The maximum atomic E-state index is 6.16. The van der Waals surface area contributed by atoms with Crippen LogP contribution in [-0.4, -0.2) is 48.6 Å². The standard InChI is InChI=1S/C16H21ClN2/c1-18-11-14-8-9-15(12-18)19(14)10-4-6-13-5-2-3-7-16(13)17/h2-7,14-15H,8-12H2,1H3/b6-4+. The molecule has 0 saturated carbocycles. The maximum absolute atomic E-state index is 6.16. The summed E-state index contributed by atoms with van der Waals surface area (Å²) in [4.78, 5) is 5.13. The molecule has 3 rings (SSSR count). The summed E-state index contributed by atoms with van der Waals surface area (Å²) in [6, 6.07) is 9.52. The van der Waals surface area contributed by atoms with Crippen molar-refractivity contribution in [2.75, 3.05) is 26.7 Å². The quantitative estimate of drug-likeness (QED) is 0.837. The van der Waals surface area contributed by atoms with Crippen LogP contribution in [0.5, 0.6) is 0 Å². The Morgan fingerprint density at radius 3 is 2.58 bits per heavy atom. The zero-order chi connectivity index (χ0) is 13.2. The number of hydrogen-bond acceptors (Lipinski definition) is 2. The summed E-state index contributed by atoms with van der Waals surface area (Å²) in [5, 5.41) is 0.833. The van der Waals surface area contributed by atoms with Crippen LogP contribution in [0.2, 0.25) is 5.02 Å². The lowest BCUT2D eigenvalue weighted by Crippen LogP contribution is -2.52. The number of likely N-dealkylation sites (tertiary alicyclic amines) is 1. The average Bonchev–Trinajstić information content (AvgIpc) is 2.64. The summed E-state index contributed by atoms with van der Waals surface area (Å²) in [7, 11) is 2.24. The molecule has 1 aromatic carbocycles. The number of nitrogens with zero attached hydrogens (tertiary/aromatic N) is 2. The first-order valence-electron chi connectivity index (χ1n) is 7.09. The van der Waals surface area contributed by atoms with Crippen LogP contribution in [0.4, 0.5) is 0 Å². The fourth-order valence-corrected chi connectivity index (χ4v) is 3.61. The molecule has 2 aliphatic heterocycles. The van der Waals surface area contributed by atoms with Crippen LogP contribution in [0.3, 0.4) is 0 Å². The van der Waals surface area contributed by atoms with Gasteiger partial charge in [0.2, 0.25) is 0 Å². The molecular formula is C16H21ClN2. The average molecular weight is 277 g/mol. The van der Waals surface area contributed by atoms with Gasteiger partial charge in [0.05, 0.1) is 0 Å². The highest BCUT2D eigenvalue weighted by molar-refractivity contribution is 6.32. The van der Waals surface area contributed by atoms with Crippen molar-refractivity contribution in [1.29, 1.82) is 0 Å². The molecule has 0 spiro atoms. The van der Waals surface area contributed by atoms with E-state index in [4.69, 9.17) is 11.6 Å². The number of halogens is 1. The largest absolute Gasteiger partial charge is 0.303 e. The third-order valence-corrected chi connectivity index (χ3v) is 4.68. The SMILES string of the molecule is CN1CC2CCC(C1)N2C/C=C/c1ccccc1Cl. The number of likely N-dealkylation sites (N-methyl/N-ethyl adjacent to an activating group) is 1. The zero-order valence-electron chi connectivity index (χ0n) is 11.4. The van der Waals surface area contributed by atoms with E-state index in [0.717, 1.165) is 29.2 Å². The molecule has 2 unspecified atom stereocenters. The van der Waals surface area contributed by atoms with Crippen LogP contribution >= 0.6 is 11.6 Å². The first kappa shape index (κ1) is 13.2. The van der Waals surface area contributed by atoms with Crippen molar-refractivity contribution in [3.05, 3.63) is 40.9 Å². The minimum Gasteiger partial charge on any atom is -0.303 e. The monoisotopic (exact) mass is 276 g/mol. The number of fused-ring (bicyclic) bond motifs is 2. The molecule has 2 bridgehead atoms. The topological polar surface area (TPSA) is 6.48 Å². The van der Waals surface area contributed by atoms with Crippen molar-refractivity contribution in [2.24, 2.45) is 0 Å². The van der Waals surface area contributed by atoms with Crippen LogP contribution in [-0.2, 0) is 0 Å². The van der Waals surface area contributed by atoms with Gasteiger partial charge in [-0.1, -0.05) is 42.0 Å². The number of hydrogen-bond donors (Lipinski definition) is 0. The third kappa shape index (κ3) is 2.86. The molecule has 2 atom stereocenters. The van der Waals surface area contributed by atoms with E-state index >= 15 is 0 Å². The van der Waals surface area contributed by atoms with Crippen molar-refractivity contribution in [1.82, 2.24) is 9.80 Å². The highest BCUT2D eigenvalue weighted by Crippen LogP contribution is 2.29. The van der Waals surface area contributed by atoms with Gasteiger partial charge in [-0.2, -0.15) is 0 Å². The van der Waals surface area contributed by atoms with Gasteiger partial charge in [-0.25, -0.2) is 0 Å². The normalized spacial score (nSPS) is 28.3. The van der Waals surface area contributed by atoms with E-state index in [1.807, 2.05) is 18.2 Å². The molecule has 3 heteroatoms. The lowest BCUT2D eigenvalue weighted by atomic mass is 10.1. The van der Waals surface area contributed by atoms with E-state index in [0.29, 0.717) is 0 Å². The van der Waals surface area contributed by atoms with Crippen LogP contribution < -0.4 is 0 Å². The van der Waals surface area contributed by atoms with Gasteiger partial charge in [-0.15, -0.1) is 0 Å². The first-order valence-corrected chi connectivity index (χ1v) is 7.47. The summed E-state index contributed by atoms with van der Waals surface area (Å²) >= 11 is 6.16. The molecule has 0 N–H and O–H groups in total. The van der Waals surface area contributed by atoms with E-state index in [2.05, 4.69) is 35.1 Å². The Morgan fingerprint density at radius 2 is 1.89 bits per heavy atom. The molecule has 0 radical (unpaired) electrons. The van der Waals surface area contributed by atoms with Crippen LogP contribution in [0.25, 0.3) is 6.08 Å². The van der Waals surface area contributed by atoms with E-state index in [-0.39, 0.29) is 0 Å². The Hall–Kier alpha value is -0.830. The summed E-state index contributed by atoms with van der Waals surface area (Å²) in [5.74, 6) is 0. The Balaban J connectivity index is 1.63. The molecule has 0 aromatic heterocycles. The van der Waals surface area contributed by atoms with Gasteiger partial charge in [-0.05, 0) is 31.5 Å². The Kier molecular flexibility index (Phi) is 3.92. The third-order valence-electron chi connectivity index (χ3n) is 4.33. The van der Waals surface area contributed by atoms with Crippen LogP contribution in [0.15, 0.2) is 30.3 Å². The van der Waals surface area contributed by atoms with Gasteiger partial charge in [0.25, 0.3) is 0 Å². The number of benzene rings is 1. The second-order valence-corrected chi connectivity index (χ2v) is 6.13. The summed E-state index contributed by atoms with van der Waals surface area (Å²) in [6.45, 7) is 3.49. The van der Waals surface area contributed by atoms with E-state index in [9.17, 15) is 0 Å². The highest BCUT2D eigenvalue weighted by atomic mass is 35.5. The van der Waals surface area contributed by atoms with E-state index in [1.165, 1.54) is 25.9 Å². The Morgan fingerprint density at radius 1 is 1.21 bits per heavy atom. The molecule has 2 fully saturated rings. The molecule has 2 saturated heterocycles. The van der Waals surface area contributed by atoms with Gasteiger partial charge >= 0.3 is 0 Å². The number of rotatable bonds is 3. The van der Waals surface area contributed by atoms with Crippen molar-refractivity contribution in [3.8, 4) is 0 Å². The fraction of sp³-hybridized carbons (Fsp3) is 0.500. The molecule has 19 heavy (non-hydrogen) atoms. The maximum Gasteiger partial charge on any atom is 0.0478 e. The molecular weight excluding hydrogens is 256 g/mol.